The summed E-state index contributed by atoms with van der Waals surface area (Å²) < 4.78 is 5.48. The molecule has 0 aromatic heterocycles. The fraction of sp³-hybridized carbons (Fsp3) is 0.579. The van der Waals surface area contributed by atoms with Crippen LogP contribution >= 0.6 is 0 Å². The van der Waals surface area contributed by atoms with E-state index >= 15 is 0 Å². The first-order valence-corrected chi connectivity index (χ1v) is 8.91. The molecule has 1 aromatic carbocycles. The maximum Gasteiger partial charge on any atom is 0.319 e. The van der Waals surface area contributed by atoms with Crippen molar-refractivity contribution < 1.29 is 14.3 Å². The maximum absolute atomic E-state index is 12.2. The van der Waals surface area contributed by atoms with E-state index in [9.17, 15) is 9.59 Å². The number of ether oxygens (including phenoxy) is 1. The van der Waals surface area contributed by atoms with Crippen LogP contribution < -0.4 is 16.0 Å². The molecular formula is C19H29N3O3. The highest BCUT2D eigenvalue weighted by Crippen LogP contribution is 2.15. The molecule has 6 nitrogen and oxygen atoms in total. The van der Waals surface area contributed by atoms with E-state index in [0.29, 0.717) is 17.9 Å². The Morgan fingerprint density at radius 3 is 2.52 bits per heavy atom. The summed E-state index contributed by atoms with van der Waals surface area (Å²) in [5, 5.41) is 8.76. The molecule has 3 N–H and O–H groups in total. The number of anilines is 1. The first kappa shape index (κ1) is 19.2. The van der Waals surface area contributed by atoms with Gasteiger partial charge in [-0.25, -0.2) is 4.79 Å². The topological polar surface area (TPSA) is 79.5 Å². The Balaban J connectivity index is 1.87. The van der Waals surface area contributed by atoms with Crippen molar-refractivity contribution in [3.8, 4) is 0 Å². The average molecular weight is 347 g/mol. The molecule has 0 spiro atoms. The van der Waals surface area contributed by atoms with E-state index in [1.54, 1.807) is 24.3 Å². The molecule has 1 aliphatic rings. The number of hydrogen-bond donors (Lipinski definition) is 3. The monoisotopic (exact) mass is 347 g/mol. The van der Waals surface area contributed by atoms with E-state index in [0.717, 1.165) is 19.3 Å². The highest BCUT2D eigenvalue weighted by Gasteiger charge is 2.21. The lowest BCUT2D eigenvalue weighted by Crippen LogP contribution is -2.43. The van der Waals surface area contributed by atoms with Gasteiger partial charge < -0.3 is 20.7 Å². The molecule has 1 heterocycles. The van der Waals surface area contributed by atoms with Crippen molar-refractivity contribution in [2.75, 3.05) is 11.9 Å². The summed E-state index contributed by atoms with van der Waals surface area (Å²) in [6.07, 6.45) is 2.66. The van der Waals surface area contributed by atoms with Gasteiger partial charge in [-0.15, -0.1) is 0 Å². The summed E-state index contributed by atoms with van der Waals surface area (Å²) >= 11 is 0. The molecule has 6 heteroatoms. The van der Waals surface area contributed by atoms with Crippen LogP contribution in [0, 0.1) is 0 Å². The highest BCUT2D eigenvalue weighted by atomic mass is 16.5. The van der Waals surface area contributed by atoms with Crippen LogP contribution in [0.2, 0.25) is 0 Å². The normalized spacial score (nSPS) is 20.6. The average Bonchev–Trinajstić information content (AvgIpc) is 2.55. The van der Waals surface area contributed by atoms with Crippen LogP contribution in [0.4, 0.5) is 10.5 Å². The van der Waals surface area contributed by atoms with Gasteiger partial charge >= 0.3 is 6.03 Å². The minimum Gasteiger partial charge on any atom is -0.378 e. The van der Waals surface area contributed by atoms with Crippen LogP contribution in [-0.4, -0.2) is 36.2 Å². The molecule has 2 rings (SSSR count). The Labute approximate surface area is 149 Å². The zero-order valence-corrected chi connectivity index (χ0v) is 15.5. The zero-order chi connectivity index (χ0) is 18.4. The molecule has 1 aromatic rings. The van der Waals surface area contributed by atoms with Crippen molar-refractivity contribution >= 4 is 17.6 Å². The summed E-state index contributed by atoms with van der Waals surface area (Å²) in [5.41, 5.74) is 0.990. The minimum absolute atomic E-state index is 0.112. The number of nitrogens with one attached hydrogen (secondary N) is 3. The van der Waals surface area contributed by atoms with Crippen LogP contribution in [0.5, 0.6) is 0 Å². The second-order valence-corrected chi connectivity index (χ2v) is 7.27. The molecule has 0 bridgehead atoms. The number of urea groups is 1. The summed E-state index contributed by atoms with van der Waals surface area (Å²) in [6.45, 7) is 8.69. The lowest BCUT2D eigenvalue weighted by molar-refractivity contribution is 0.0157. The fourth-order valence-corrected chi connectivity index (χ4v) is 2.65. The lowest BCUT2D eigenvalue weighted by atomic mass is 10.0. The number of carbonyl (C=O) groups is 2. The van der Waals surface area contributed by atoms with E-state index in [-0.39, 0.29) is 29.6 Å². The third kappa shape index (κ3) is 6.05. The second-order valence-electron chi connectivity index (χ2n) is 7.27. The van der Waals surface area contributed by atoms with Crippen molar-refractivity contribution in [3.63, 3.8) is 0 Å². The van der Waals surface area contributed by atoms with E-state index in [1.807, 2.05) is 27.7 Å². The summed E-state index contributed by atoms with van der Waals surface area (Å²) in [5.74, 6) is -0.112. The molecule has 0 unspecified atom stereocenters. The van der Waals surface area contributed by atoms with E-state index in [2.05, 4.69) is 16.0 Å². The quantitative estimate of drug-likeness (QED) is 0.765. The molecule has 2 atom stereocenters. The van der Waals surface area contributed by atoms with E-state index in [4.69, 9.17) is 4.74 Å². The molecule has 3 amide bonds. The van der Waals surface area contributed by atoms with Crippen LogP contribution in [0.25, 0.3) is 0 Å². The summed E-state index contributed by atoms with van der Waals surface area (Å²) in [7, 11) is 0. The van der Waals surface area contributed by atoms with Gasteiger partial charge in [0, 0.05) is 29.4 Å². The summed E-state index contributed by atoms with van der Waals surface area (Å²) in [6, 6.07) is 6.80. The van der Waals surface area contributed by atoms with Gasteiger partial charge in [0.25, 0.3) is 5.91 Å². The third-order valence-electron chi connectivity index (χ3n) is 4.56. The predicted octanol–water partition coefficient (Wildman–Crippen LogP) is 3.29. The van der Waals surface area contributed by atoms with Crippen molar-refractivity contribution in [1.82, 2.24) is 10.6 Å². The molecule has 1 saturated heterocycles. The molecule has 138 valence electrons. The van der Waals surface area contributed by atoms with Crippen molar-refractivity contribution in [2.24, 2.45) is 0 Å². The number of benzene rings is 1. The number of carbonyl (C=O) groups excluding carboxylic acids is 2. The Kier molecular flexibility index (Phi) is 6.42. The third-order valence-corrected chi connectivity index (χ3v) is 4.56. The molecular weight excluding hydrogens is 318 g/mol. The van der Waals surface area contributed by atoms with Gasteiger partial charge in [-0.3, -0.25) is 4.79 Å². The van der Waals surface area contributed by atoms with Crippen molar-refractivity contribution in [2.45, 2.75) is 64.6 Å². The van der Waals surface area contributed by atoms with Gasteiger partial charge in [0.1, 0.15) is 0 Å². The van der Waals surface area contributed by atoms with E-state index in [1.165, 1.54) is 0 Å². The Morgan fingerprint density at radius 1 is 1.24 bits per heavy atom. The first-order chi connectivity index (χ1) is 11.8. The Morgan fingerprint density at radius 2 is 1.92 bits per heavy atom. The number of rotatable bonds is 5. The van der Waals surface area contributed by atoms with Crippen molar-refractivity contribution in [1.29, 1.82) is 0 Å². The zero-order valence-electron chi connectivity index (χ0n) is 15.5. The van der Waals surface area contributed by atoms with Gasteiger partial charge in [0.15, 0.2) is 0 Å². The summed E-state index contributed by atoms with van der Waals surface area (Å²) in [4.78, 5) is 24.3. The first-order valence-electron chi connectivity index (χ1n) is 8.91. The van der Waals surface area contributed by atoms with Gasteiger partial charge in [0.2, 0.25) is 0 Å². The highest BCUT2D eigenvalue weighted by molar-refractivity contribution is 5.96. The second kappa shape index (κ2) is 8.34. The Bertz CT molecular complexity index is 598. The van der Waals surface area contributed by atoms with Crippen LogP contribution in [0.3, 0.4) is 0 Å². The molecule has 25 heavy (non-hydrogen) atoms. The minimum atomic E-state index is -0.241. The maximum atomic E-state index is 12.2. The molecule has 1 fully saturated rings. The van der Waals surface area contributed by atoms with Gasteiger partial charge in [-0.1, -0.05) is 6.92 Å². The standard InChI is InChI=1S/C19H29N3O3/c1-5-19(3,4)22-17(23)14-6-8-15(9-7-14)20-18(24)21-16-10-11-25-13(2)12-16/h6-9,13,16H,5,10-12H2,1-4H3,(H,22,23)(H2,20,21,24)/t13-,16-/m1/s1. The van der Waals surface area contributed by atoms with Crippen LogP contribution in [-0.2, 0) is 4.74 Å². The Hall–Kier alpha value is -2.08. The number of hydrogen-bond acceptors (Lipinski definition) is 3. The van der Waals surface area contributed by atoms with Gasteiger partial charge in [-0.2, -0.15) is 0 Å². The van der Waals surface area contributed by atoms with Gasteiger partial charge in [0.05, 0.1) is 6.10 Å². The van der Waals surface area contributed by atoms with Gasteiger partial charge in [-0.05, 0) is 64.3 Å². The van der Waals surface area contributed by atoms with Crippen molar-refractivity contribution in [3.05, 3.63) is 29.8 Å². The smallest absolute Gasteiger partial charge is 0.319 e. The van der Waals surface area contributed by atoms with E-state index < -0.39 is 0 Å². The number of amides is 3. The molecule has 0 radical (unpaired) electrons. The predicted molar refractivity (Wildman–Crippen MR) is 98.9 cm³/mol. The fourth-order valence-electron chi connectivity index (χ4n) is 2.65. The largest absolute Gasteiger partial charge is 0.378 e. The molecule has 0 saturated carbocycles. The van der Waals surface area contributed by atoms with Crippen LogP contribution in [0.1, 0.15) is 57.3 Å². The lowest BCUT2D eigenvalue weighted by Gasteiger charge is -2.27. The molecule has 0 aliphatic carbocycles. The van der Waals surface area contributed by atoms with Crippen LogP contribution in [0.15, 0.2) is 24.3 Å². The molecule has 1 aliphatic heterocycles. The SMILES string of the molecule is CCC(C)(C)NC(=O)c1ccc(NC(=O)N[C@@H]2CCO[C@H](C)C2)cc1.